The van der Waals surface area contributed by atoms with E-state index in [0.717, 1.165) is 16.9 Å². The Bertz CT molecular complexity index is 624. The molecule has 0 aromatic heterocycles. The lowest BCUT2D eigenvalue weighted by molar-refractivity contribution is -0.185. The maximum Gasteiger partial charge on any atom is 0.393 e. The molecular formula is C17H22ClF3N2O2. The minimum absolute atomic E-state index is 0. The van der Waals surface area contributed by atoms with Crippen LogP contribution in [0.2, 0.25) is 0 Å². The quantitative estimate of drug-likeness (QED) is 0.879. The summed E-state index contributed by atoms with van der Waals surface area (Å²) in [5.41, 5.74) is 2.08. The zero-order valence-corrected chi connectivity index (χ0v) is 14.8. The fraction of sp³-hybridized carbons (Fsp3) is 0.588. The van der Waals surface area contributed by atoms with Gasteiger partial charge in [-0.3, -0.25) is 4.79 Å². The van der Waals surface area contributed by atoms with E-state index in [2.05, 4.69) is 5.32 Å². The van der Waals surface area contributed by atoms with Crippen LogP contribution in [0.25, 0.3) is 0 Å². The second-order valence-electron chi connectivity index (χ2n) is 6.29. The van der Waals surface area contributed by atoms with Gasteiger partial charge in [0.15, 0.2) is 0 Å². The van der Waals surface area contributed by atoms with Crippen molar-refractivity contribution in [2.75, 3.05) is 26.2 Å². The van der Waals surface area contributed by atoms with E-state index in [1.807, 2.05) is 25.1 Å². The number of alkyl halides is 3. The van der Waals surface area contributed by atoms with Crippen LogP contribution in [-0.2, 0) is 17.8 Å². The number of fused-ring (bicyclic) bond motifs is 1. The van der Waals surface area contributed by atoms with Crippen LogP contribution in [0.4, 0.5) is 13.2 Å². The average Bonchev–Trinajstić information content (AvgIpc) is 3.03. The molecule has 0 bridgehead atoms. The summed E-state index contributed by atoms with van der Waals surface area (Å²) in [4.78, 5) is 14.2. The predicted octanol–water partition coefficient (Wildman–Crippen LogP) is 2.79. The Hall–Kier alpha value is -1.47. The van der Waals surface area contributed by atoms with Crippen molar-refractivity contribution in [1.29, 1.82) is 0 Å². The molecule has 1 amide bonds. The van der Waals surface area contributed by atoms with Gasteiger partial charge in [-0.05, 0) is 36.6 Å². The Balaban J connectivity index is 0.00000225. The number of benzene rings is 1. The maximum atomic E-state index is 13.1. The van der Waals surface area contributed by atoms with Crippen LogP contribution in [-0.4, -0.2) is 43.2 Å². The normalized spacial score (nSPS) is 23.0. The average molecular weight is 379 g/mol. The van der Waals surface area contributed by atoms with Crippen molar-refractivity contribution in [1.82, 2.24) is 10.2 Å². The van der Waals surface area contributed by atoms with Crippen molar-refractivity contribution in [3.8, 4) is 5.75 Å². The number of rotatable bonds is 3. The molecule has 0 spiro atoms. The molecule has 1 fully saturated rings. The smallest absolute Gasteiger partial charge is 0.393 e. The lowest BCUT2D eigenvalue weighted by Gasteiger charge is -2.32. The topological polar surface area (TPSA) is 41.6 Å². The first-order chi connectivity index (χ1) is 11.4. The molecule has 1 N–H and O–H groups in total. The van der Waals surface area contributed by atoms with Crippen LogP contribution in [0.5, 0.6) is 5.75 Å². The largest absolute Gasteiger partial charge is 0.494 e. The SMILES string of the molecule is CCOc1ccc2c(c1)CN(C(=O)[C@@H]1CNC[C@H]1C(F)(F)F)CC2.Cl. The highest BCUT2D eigenvalue weighted by atomic mass is 35.5. The van der Waals surface area contributed by atoms with Gasteiger partial charge in [-0.1, -0.05) is 6.07 Å². The third-order valence-corrected chi connectivity index (χ3v) is 4.76. The third kappa shape index (κ3) is 4.20. The van der Waals surface area contributed by atoms with Crippen molar-refractivity contribution >= 4 is 18.3 Å². The third-order valence-electron chi connectivity index (χ3n) is 4.76. The second-order valence-corrected chi connectivity index (χ2v) is 6.29. The van der Waals surface area contributed by atoms with Gasteiger partial charge in [0.2, 0.25) is 5.91 Å². The lowest BCUT2D eigenvalue weighted by atomic mass is 9.92. The van der Waals surface area contributed by atoms with E-state index in [-0.39, 0.29) is 25.5 Å². The summed E-state index contributed by atoms with van der Waals surface area (Å²) in [6, 6.07) is 5.74. The van der Waals surface area contributed by atoms with Crippen molar-refractivity contribution in [2.24, 2.45) is 11.8 Å². The molecule has 2 aliphatic heterocycles. The van der Waals surface area contributed by atoms with E-state index in [1.54, 1.807) is 4.90 Å². The predicted molar refractivity (Wildman–Crippen MR) is 89.9 cm³/mol. The van der Waals surface area contributed by atoms with E-state index in [0.29, 0.717) is 26.1 Å². The second kappa shape index (κ2) is 7.83. The van der Waals surface area contributed by atoms with Crippen molar-refractivity contribution in [2.45, 2.75) is 26.1 Å². The van der Waals surface area contributed by atoms with Gasteiger partial charge >= 0.3 is 6.18 Å². The van der Waals surface area contributed by atoms with Gasteiger partial charge in [0.05, 0.1) is 18.4 Å². The maximum absolute atomic E-state index is 13.1. The van der Waals surface area contributed by atoms with Crippen LogP contribution in [0.15, 0.2) is 18.2 Å². The molecule has 0 radical (unpaired) electrons. The van der Waals surface area contributed by atoms with E-state index in [4.69, 9.17) is 4.74 Å². The molecule has 3 rings (SSSR count). The van der Waals surface area contributed by atoms with Gasteiger partial charge < -0.3 is 15.0 Å². The Labute approximate surface area is 151 Å². The molecule has 25 heavy (non-hydrogen) atoms. The molecule has 1 saturated heterocycles. The molecule has 0 unspecified atom stereocenters. The van der Waals surface area contributed by atoms with E-state index in [9.17, 15) is 18.0 Å². The van der Waals surface area contributed by atoms with Crippen molar-refractivity contribution in [3.05, 3.63) is 29.3 Å². The summed E-state index contributed by atoms with van der Waals surface area (Å²) in [7, 11) is 0. The minimum atomic E-state index is -4.35. The molecule has 2 atom stereocenters. The molecule has 1 aromatic rings. The molecule has 2 aliphatic rings. The van der Waals surface area contributed by atoms with Gasteiger partial charge in [0.1, 0.15) is 5.75 Å². The molecule has 0 saturated carbocycles. The van der Waals surface area contributed by atoms with E-state index < -0.39 is 23.9 Å². The Morgan fingerprint density at radius 2 is 2.08 bits per heavy atom. The van der Waals surface area contributed by atoms with Crippen LogP contribution < -0.4 is 10.1 Å². The molecule has 0 aliphatic carbocycles. The van der Waals surface area contributed by atoms with Crippen LogP contribution in [0, 0.1) is 11.8 Å². The Morgan fingerprint density at radius 3 is 2.76 bits per heavy atom. The number of hydrogen-bond donors (Lipinski definition) is 1. The van der Waals surface area contributed by atoms with Crippen molar-refractivity contribution < 1.29 is 22.7 Å². The number of carbonyl (C=O) groups is 1. The molecule has 8 heteroatoms. The van der Waals surface area contributed by atoms with Gasteiger partial charge in [-0.15, -0.1) is 12.4 Å². The molecular weight excluding hydrogens is 357 g/mol. The number of nitrogens with one attached hydrogen (secondary N) is 1. The van der Waals surface area contributed by atoms with E-state index >= 15 is 0 Å². The van der Waals surface area contributed by atoms with E-state index in [1.165, 1.54) is 0 Å². The number of amides is 1. The summed E-state index contributed by atoms with van der Waals surface area (Å²) in [5.74, 6) is -2.31. The molecule has 2 heterocycles. The number of hydrogen-bond acceptors (Lipinski definition) is 3. The zero-order valence-electron chi connectivity index (χ0n) is 13.9. The lowest BCUT2D eigenvalue weighted by Crippen LogP contribution is -2.44. The van der Waals surface area contributed by atoms with Gasteiger partial charge in [0, 0.05) is 26.2 Å². The Kier molecular flexibility index (Phi) is 6.21. The van der Waals surface area contributed by atoms with Gasteiger partial charge in [0.25, 0.3) is 0 Å². The zero-order chi connectivity index (χ0) is 17.3. The van der Waals surface area contributed by atoms with Crippen LogP contribution >= 0.6 is 12.4 Å². The first-order valence-electron chi connectivity index (χ1n) is 8.21. The summed E-state index contributed by atoms with van der Waals surface area (Å²) < 4.78 is 44.7. The fourth-order valence-electron chi connectivity index (χ4n) is 3.49. The first kappa shape index (κ1) is 19.8. The standard InChI is InChI=1S/C17H21F3N2O2.ClH/c1-2-24-13-4-3-11-5-6-22(10-12(11)7-13)16(23)14-8-21-9-15(14)17(18,19)20;/h3-4,7,14-15,21H,2,5-6,8-10H2,1H3;1H/t14-,15-;/m1./s1. The molecule has 140 valence electrons. The first-order valence-corrected chi connectivity index (χ1v) is 8.21. The van der Waals surface area contributed by atoms with Crippen molar-refractivity contribution in [3.63, 3.8) is 0 Å². The number of nitrogens with zero attached hydrogens (tertiary/aromatic N) is 1. The fourth-order valence-corrected chi connectivity index (χ4v) is 3.49. The van der Waals surface area contributed by atoms with Gasteiger partial charge in [-0.25, -0.2) is 0 Å². The van der Waals surface area contributed by atoms with Crippen LogP contribution in [0.3, 0.4) is 0 Å². The number of ether oxygens (including phenoxy) is 1. The number of halogens is 4. The molecule has 1 aromatic carbocycles. The van der Waals surface area contributed by atoms with Gasteiger partial charge in [-0.2, -0.15) is 13.2 Å². The highest BCUT2D eigenvalue weighted by molar-refractivity contribution is 5.85. The number of carbonyl (C=O) groups excluding carboxylic acids is 1. The molecule has 4 nitrogen and oxygen atoms in total. The monoisotopic (exact) mass is 378 g/mol. The summed E-state index contributed by atoms with van der Waals surface area (Å²) >= 11 is 0. The highest BCUT2D eigenvalue weighted by Gasteiger charge is 2.50. The van der Waals surface area contributed by atoms with Crippen LogP contribution in [0.1, 0.15) is 18.1 Å². The summed E-state index contributed by atoms with van der Waals surface area (Å²) in [6.07, 6.45) is -3.69. The summed E-state index contributed by atoms with van der Waals surface area (Å²) in [5, 5.41) is 2.71. The Morgan fingerprint density at radius 1 is 1.32 bits per heavy atom. The highest BCUT2D eigenvalue weighted by Crippen LogP contribution is 2.36. The summed E-state index contributed by atoms with van der Waals surface area (Å²) in [6.45, 7) is 3.14. The minimum Gasteiger partial charge on any atom is -0.494 e.